The van der Waals surface area contributed by atoms with E-state index < -0.39 is 116 Å². The van der Waals surface area contributed by atoms with Gasteiger partial charge < -0.3 is 37.7 Å². The normalized spacial score (nSPS) is 13.3. The molecule has 4 atom stereocenters. The van der Waals surface area contributed by atoms with Crippen LogP contribution in [0.5, 0.6) is 23.0 Å². The quantitative estimate of drug-likeness (QED) is 0.109. The number of hydrogen-bond acceptors (Lipinski definition) is 20. The Hall–Kier alpha value is -2.64. The summed E-state index contributed by atoms with van der Waals surface area (Å²) in [5.41, 5.74) is 0. The van der Waals surface area contributed by atoms with Gasteiger partial charge in [-0.15, -0.1) is 0 Å². The van der Waals surface area contributed by atoms with Crippen LogP contribution in [0.25, 0.3) is 0 Å². The van der Waals surface area contributed by atoms with E-state index in [2.05, 4.69) is 18.1 Å². The molecular formula is C24H24O24P4S4Zr. The Morgan fingerprint density at radius 1 is 0.351 bits per heavy atom. The van der Waals surface area contributed by atoms with Crippen LogP contribution in [0.15, 0.2) is 117 Å². The topological polar surface area (TPSA) is 415 Å². The zero-order chi connectivity index (χ0) is 43.1. The molecule has 312 valence electrons. The molecule has 0 amide bonds. The van der Waals surface area contributed by atoms with Gasteiger partial charge in [0.2, 0.25) is 0 Å². The first-order chi connectivity index (χ1) is 25.6. The van der Waals surface area contributed by atoms with E-state index in [4.69, 9.17) is 18.2 Å². The fourth-order valence-corrected chi connectivity index (χ4v) is 7.53. The van der Waals surface area contributed by atoms with Gasteiger partial charge in [-0.25, -0.2) is 0 Å². The van der Waals surface area contributed by atoms with Gasteiger partial charge in [-0.3, -0.25) is 36.5 Å². The van der Waals surface area contributed by atoms with Crippen LogP contribution >= 0.6 is 33.0 Å². The Labute approximate surface area is 345 Å². The molecule has 4 N–H and O–H groups in total. The predicted molar refractivity (Wildman–Crippen MR) is 184 cm³/mol. The van der Waals surface area contributed by atoms with E-state index in [1.165, 1.54) is 48.5 Å². The van der Waals surface area contributed by atoms with E-state index in [0.717, 1.165) is 48.5 Å². The summed E-state index contributed by atoms with van der Waals surface area (Å²) in [7, 11) is -32.0. The molecular weight excluding hydrogens is 1020 g/mol. The van der Waals surface area contributed by atoms with Crippen molar-refractivity contribution in [1.82, 2.24) is 0 Å². The van der Waals surface area contributed by atoms with Gasteiger partial charge in [0.1, 0.15) is 42.6 Å². The number of para-hydroxylation sites is 4. The fraction of sp³-hybridized carbons (Fsp3) is 0. The van der Waals surface area contributed by atoms with Crippen molar-refractivity contribution in [3.8, 4) is 23.0 Å². The van der Waals surface area contributed by atoms with Crippen molar-refractivity contribution in [2.24, 2.45) is 0 Å². The first kappa shape index (κ1) is 54.4. The molecule has 0 saturated carbocycles. The van der Waals surface area contributed by atoms with E-state index in [1.807, 2.05) is 0 Å². The molecule has 0 aliphatic heterocycles. The molecule has 0 aliphatic carbocycles. The Kier molecular flexibility index (Phi) is 23.3. The Morgan fingerprint density at radius 2 is 0.491 bits per heavy atom. The molecule has 0 aliphatic rings. The SMILES string of the molecule is O=[PH]([O-])Oc1ccccc1S(=O)(=O)O.O=[PH]([O-])Oc1ccccc1S(=O)(=O)O.O=[PH]([O-])Oc1ccccc1S(=O)(=O)O.O=[PH]([O-])Oc1ccccc1S(=O)(=O)O.[Zr+4]. The van der Waals surface area contributed by atoms with Crippen LogP contribution in [0.4, 0.5) is 0 Å². The maximum absolute atomic E-state index is 10.7. The Bertz CT molecular complexity index is 2170. The summed E-state index contributed by atoms with van der Waals surface area (Å²) in [6.07, 6.45) is 0. The molecule has 0 bridgehead atoms. The molecule has 33 heteroatoms. The first-order valence-electron chi connectivity index (χ1n) is 13.5. The molecule has 0 spiro atoms. The second kappa shape index (κ2) is 24.4. The zero-order valence-corrected chi connectivity index (χ0v) is 37.0. The monoisotopic (exact) mass is 1040 g/mol. The molecule has 0 aromatic heterocycles. The van der Waals surface area contributed by atoms with Crippen molar-refractivity contribution < 1.29 is 134 Å². The van der Waals surface area contributed by atoms with Crippen LogP contribution in [0, 0.1) is 0 Å². The van der Waals surface area contributed by atoms with Gasteiger partial charge in [0.25, 0.3) is 40.5 Å². The molecule has 0 radical (unpaired) electrons. The largest absolute Gasteiger partial charge is 4.00 e. The second-order valence-electron chi connectivity index (χ2n) is 9.10. The smallest absolute Gasteiger partial charge is 0.771 e. The molecule has 4 aromatic carbocycles. The van der Waals surface area contributed by atoms with Crippen LogP contribution in [0.3, 0.4) is 0 Å². The summed E-state index contributed by atoms with van der Waals surface area (Å²) in [4.78, 5) is 38.6. The van der Waals surface area contributed by atoms with Crippen molar-refractivity contribution in [1.29, 1.82) is 0 Å². The summed E-state index contributed by atoms with van der Waals surface area (Å²) < 4.78 is 178. The van der Waals surface area contributed by atoms with Gasteiger partial charge in [0.05, 0.1) is 0 Å². The van der Waals surface area contributed by atoms with Crippen LogP contribution < -0.4 is 37.7 Å². The van der Waals surface area contributed by atoms with Gasteiger partial charge in [-0.1, -0.05) is 48.5 Å². The van der Waals surface area contributed by atoms with Crippen molar-refractivity contribution in [3.63, 3.8) is 0 Å². The van der Waals surface area contributed by atoms with Crippen LogP contribution in [0.1, 0.15) is 0 Å². The predicted octanol–water partition coefficient (Wildman–Crippen LogP) is 0.246. The molecule has 4 aromatic rings. The van der Waals surface area contributed by atoms with Gasteiger partial charge in [0.15, 0.2) is 33.0 Å². The van der Waals surface area contributed by atoms with Crippen molar-refractivity contribution in [2.45, 2.75) is 19.6 Å². The molecule has 0 saturated heterocycles. The van der Waals surface area contributed by atoms with Crippen molar-refractivity contribution in [3.05, 3.63) is 97.1 Å². The van der Waals surface area contributed by atoms with Crippen molar-refractivity contribution in [2.75, 3.05) is 0 Å². The van der Waals surface area contributed by atoms with Gasteiger partial charge in [-0.2, -0.15) is 33.7 Å². The fourth-order valence-electron chi connectivity index (χ4n) is 3.35. The summed E-state index contributed by atoms with van der Waals surface area (Å²) in [5.74, 6) is -1.63. The third kappa shape index (κ3) is 21.3. The average molecular weight is 1040 g/mol. The maximum Gasteiger partial charge on any atom is 4.00 e. The Morgan fingerprint density at radius 3 is 0.614 bits per heavy atom. The first-order valence-corrected chi connectivity index (χ1v) is 24.1. The second-order valence-corrected chi connectivity index (χ2v) is 17.5. The standard InChI is InChI=1S/4C6H7O6PS.Zr/c4*7-13(8)12-5-3-1-2-4-6(5)14(9,10)11;/h4*1-4,13H,(H,7,8)(H,9,10,11);/q;;;;+4/p-4. The zero-order valence-electron chi connectivity index (χ0n) is 27.3. The molecule has 4 unspecified atom stereocenters. The summed E-state index contributed by atoms with van der Waals surface area (Å²) in [5, 5.41) is 0. The van der Waals surface area contributed by atoms with Crippen LogP contribution in [0.2, 0.25) is 0 Å². The van der Waals surface area contributed by atoms with Gasteiger partial charge >= 0.3 is 26.2 Å². The van der Waals surface area contributed by atoms with E-state index in [-0.39, 0.29) is 26.2 Å². The minimum absolute atomic E-state index is 0. The summed E-state index contributed by atoms with van der Waals surface area (Å²) >= 11 is 0. The summed E-state index contributed by atoms with van der Waals surface area (Å²) in [6, 6.07) is 19.5. The molecule has 0 fully saturated rings. The number of hydrogen-bond donors (Lipinski definition) is 4. The number of rotatable bonds is 12. The van der Waals surface area contributed by atoms with E-state index >= 15 is 0 Å². The molecule has 57 heavy (non-hydrogen) atoms. The third-order valence-electron chi connectivity index (χ3n) is 5.28. The molecule has 0 heterocycles. The van der Waals surface area contributed by atoms with Crippen LogP contribution in [-0.2, 0) is 84.9 Å². The van der Waals surface area contributed by atoms with E-state index in [0.29, 0.717) is 0 Å². The van der Waals surface area contributed by atoms with E-state index in [1.54, 1.807) is 0 Å². The van der Waals surface area contributed by atoms with Gasteiger partial charge in [-0.05, 0) is 48.5 Å². The maximum atomic E-state index is 10.7. The molecule has 4 rings (SSSR count). The minimum Gasteiger partial charge on any atom is -0.771 e. The number of benzene rings is 4. The Balaban J connectivity index is 0.000000729. The van der Waals surface area contributed by atoms with Crippen molar-refractivity contribution >= 4 is 73.5 Å². The molecule has 24 nitrogen and oxygen atoms in total. The van der Waals surface area contributed by atoms with E-state index in [9.17, 15) is 71.5 Å². The third-order valence-corrected chi connectivity index (χ3v) is 10.4. The average Bonchev–Trinajstić information content (AvgIpc) is 3.04. The minimum atomic E-state index is -4.47. The van der Waals surface area contributed by atoms with Gasteiger partial charge in [0, 0.05) is 0 Å². The summed E-state index contributed by atoms with van der Waals surface area (Å²) in [6.45, 7) is 0. The van der Waals surface area contributed by atoms with Crippen LogP contribution in [-0.4, -0.2) is 51.9 Å².